The van der Waals surface area contributed by atoms with Crippen LogP contribution >= 0.6 is 0 Å². The van der Waals surface area contributed by atoms with Crippen molar-refractivity contribution in [1.29, 1.82) is 0 Å². The van der Waals surface area contributed by atoms with Crippen LogP contribution in [-0.2, 0) is 16.3 Å². The Bertz CT molecular complexity index is 1020. The monoisotopic (exact) mass is 434 g/mol. The second-order valence-corrected chi connectivity index (χ2v) is 9.05. The third-order valence-corrected chi connectivity index (χ3v) is 6.78. The molecule has 0 saturated carbocycles. The summed E-state index contributed by atoms with van der Waals surface area (Å²) in [6.07, 6.45) is 2.35. The topological polar surface area (TPSA) is 71.1 Å². The van der Waals surface area contributed by atoms with Gasteiger partial charge in [0.05, 0.1) is 39.1 Å². The lowest BCUT2D eigenvalue weighted by Gasteiger charge is -2.21. The summed E-state index contributed by atoms with van der Waals surface area (Å²) >= 11 is 0. The van der Waals surface area contributed by atoms with E-state index in [1.165, 1.54) is 7.11 Å². The molecule has 0 fully saturated rings. The number of aryl methyl sites for hydroxylation is 1. The molecule has 30 heavy (non-hydrogen) atoms. The SMILES string of the molecule is COc1c(C)c(C/C=C(\C)CS(=O)(=O)c2ccc(C)cc2)c(OC)c(OC)c1OC. The average molecular weight is 435 g/mol. The van der Waals surface area contributed by atoms with Crippen LogP contribution in [0.15, 0.2) is 40.8 Å². The lowest BCUT2D eigenvalue weighted by atomic mass is 10.0. The van der Waals surface area contributed by atoms with Crippen LogP contribution in [0.2, 0.25) is 0 Å². The Hall–Kier alpha value is -2.67. The van der Waals surface area contributed by atoms with Gasteiger partial charge in [0.2, 0.25) is 11.5 Å². The normalized spacial score (nSPS) is 11.9. The Morgan fingerprint density at radius 2 is 1.33 bits per heavy atom. The standard InChI is InChI=1S/C23H30O6S/c1-15-8-11-18(12-9-15)30(24,25)14-16(2)10-13-19-17(3)20(26-4)22(28-6)23(29-7)21(19)27-5/h8-12H,13-14H2,1-7H3/b16-10+. The summed E-state index contributed by atoms with van der Waals surface area (Å²) in [5, 5.41) is 0. The molecule has 0 amide bonds. The van der Waals surface area contributed by atoms with E-state index in [9.17, 15) is 8.42 Å². The first kappa shape index (κ1) is 23.6. The van der Waals surface area contributed by atoms with Gasteiger partial charge in [-0.15, -0.1) is 0 Å². The van der Waals surface area contributed by atoms with Gasteiger partial charge < -0.3 is 18.9 Å². The van der Waals surface area contributed by atoms with Crippen LogP contribution < -0.4 is 18.9 Å². The third kappa shape index (κ3) is 4.90. The van der Waals surface area contributed by atoms with Crippen molar-refractivity contribution in [2.75, 3.05) is 34.2 Å². The highest BCUT2D eigenvalue weighted by Crippen LogP contribution is 2.49. The van der Waals surface area contributed by atoms with E-state index in [1.54, 1.807) is 45.6 Å². The Kier molecular flexibility index (Phi) is 7.78. The minimum absolute atomic E-state index is 0.0537. The molecule has 0 aromatic heterocycles. The molecule has 6 nitrogen and oxygen atoms in total. The van der Waals surface area contributed by atoms with Crippen LogP contribution in [0.1, 0.15) is 23.6 Å². The Balaban J connectivity index is 2.39. The van der Waals surface area contributed by atoms with Crippen LogP contribution in [0, 0.1) is 13.8 Å². The maximum Gasteiger partial charge on any atom is 0.207 e. The molecule has 0 aliphatic rings. The Morgan fingerprint density at radius 1 is 0.833 bits per heavy atom. The summed E-state index contributed by atoms with van der Waals surface area (Å²) in [4.78, 5) is 0.322. The first-order valence-electron chi connectivity index (χ1n) is 9.50. The molecular weight excluding hydrogens is 404 g/mol. The highest BCUT2D eigenvalue weighted by Gasteiger charge is 2.25. The number of methoxy groups -OCH3 is 4. The molecule has 0 spiro atoms. The number of sulfone groups is 1. The van der Waals surface area contributed by atoms with Gasteiger partial charge in [-0.2, -0.15) is 0 Å². The third-order valence-electron chi connectivity index (χ3n) is 4.95. The van der Waals surface area contributed by atoms with Gasteiger partial charge in [-0.1, -0.05) is 29.3 Å². The van der Waals surface area contributed by atoms with E-state index in [2.05, 4.69) is 0 Å². The molecule has 0 radical (unpaired) electrons. The summed E-state index contributed by atoms with van der Waals surface area (Å²) in [7, 11) is 2.79. The number of rotatable bonds is 9. The predicted molar refractivity (Wildman–Crippen MR) is 118 cm³/mol. The van der Waals surface area contributed by atoms with Gasteiger partial charge in [-0.25, -0.2) is 8.42 Å². The molecule has 2 rings (SSSR count). The van der Waals surface area contributed by atoms with Crippen LogP contribution in [0.3, 0.4) is 0 Å². The van der Waals surface area contributed by atoms with Gasteiger partial charge in [0, 0.05) is 11.1 Å². The smallest absolute Gasteiger partial charge is 0.207 e. The van der Waals surface area contributed by atoms with Crippen molar-refractivity contribution in [3.8, 4) is 23.0 Å². The average Bonchev–Trinajstić information content (AvgIpc) is 2.71. The maximum atomic E-state index is 12.7. The summed E-state index contributed by atoms with van der Waals surface area (Å²) in [5.41, 5.74) is 3.45. The number of ether oxygens (including phenoxy) is 4. The Labute approximate surface area is 179 Å². The zero-order chi connectivity index (χ0) is 22.5. The van der Waals surface area contributed by atoms with E-state index in [0.29, 0.717) is 34.3 Å². The molecule has 0 atom stereocenters. The van der Waals surface area contributed by atoms with Crippen molar-refractivity contribution < 1.29 is 27.4 Å². The van der Waals surface area contributed by atoms with E-state index in [-0.39, 0.29) is 5.75 Å². The molecule has 164 valence electrons. The number of hydrogen-bond donors (Lipinski definition) is 0. The molecule has 2 aromatic carbocycles. The van der Waals surface area contributed by atoms with E-state index < -0.39 is 9.84 Å². The zero-order valence-corrected chi connectivity index (χ0v) is 19.5. The van der Waals surface area contributed by atoms with Crippen molar-refractivity contribution in [3.63, 3.8) is 0 Å². The van der Waals surface area contributed by atoms with Gasteiger partial charge in [-0.05, 0) is 39.3 Å². The molecule has 0 saturated heterocycles. The van der Waals surface area contributed by atoms with Crippen molar-refractivity contribution in [2.45, 2.75) is 32.1 Å². The summed E-state index contributed by atoms with van der Waals surface area (Å²) in [6.45, 7) is 5.64. The molecule has 0 aliphatic heterocycles. The van der Waals surface area contributed by atoms with E-state index >= 15 is 0 Å². The first-order chi connectivity index (χ1) is 14.2. The van der Waals surface area contributed by atoms with Crippen molar-refractivity contribution in [2.24, 2.45) is 0 Å². The molecule has 0 N–H and O–H groups in total. The second-order valence-electron chi connectivity index (χ2n) is 7.06. The van der Waals surface area contributed by atoms with Crippen molar-refractivity contribution in [3.05, 3.63) is 52.6 Å². The fraction of sp³-hybridized carbons (Fsp3) is 0.391. The lowest BCUT2D eigenvalue weighted by Crippen LogP contribution is -2.08. The number of allylic oxidation sites excluding steroid dienone is 1. The number of hydrogen-bond acceptors (Lipinski definition) is 6. The second kappa shape index (κ2) is 9.89. The van der Waals surface area contributed by atoms with E-state index in [0.717, 1.165) is 22.3 Å². The van der Waals surface area contributed by atoms with Gasteiger partial charge in [0.25, 0.3) is 0 Å². The molecule has 0 heterocycles. The van der Waals surface area contributed by atoms with Crippen LogP contribution in [0.25, 0.3) is 0 Å². The minimum Gasteiger partial charge on any atom is -0.492 e. The molecule has 7 heteroatoms. The van der Waals surface area contributed by atoms with Crippen molar-refractivity contribution >= 4 is 9.84 Å². The van der Waals surface area contributed by atoms with Gasteiger partial charge in [-0.3, -0.25) is 0 Å². The predicted octanol–water partition coefficient (Wildman–Crippen LogP) is 4.30. The van der Waals surface area contributed by atoms with Gasteiger partial charge >= 0.3 is 0 Å². The van der Waals surface area contributed by atoms with Gasteiger partial charge in [0.1, 0.15) is 0 Å². The molecule has 0 unspecified atom stereocenters. The van der Waals surface area contributed by atoms with Crippen LogP contribution in [0.4, 0.5) is 0 Å². The van der Waals surface area contributed by atoms with E-state index in [4.69, 9.17) is 18.9 Å². The van der Waals surface area contributed by atoms with E-state index in [1.807, 2.05) is 26.8 Å². The molecule has 2 aromatic rings. The number of benzene rings is 2. The summed E-state index contributed by atoms with van der Waals surface area (Å²) in [6, 6.07) is 6.89. The zero-order valence-electron chi connectivity index (χ0n) is 18.7. The fourth-order valence-electron chi connectivity index (χ4n) is 3.36. The lowest BCUT2D eigenvalue weighted by molar-refractivity contribution is 0.302. The molecule has 0 bridgehead atoms. The highest BCUT2D eigenvalue weighted by molar-refractivity contribution is 7.91. The van der Waals surface area contributed by atoms with Gasteiger partial charge in [0.15, 0.2) is 21.3 Å². The summed E-state index contributed by atoms with van der Waals surface area (Å²) in [5.74, 6) is 1.94. The summed E-state index contributed by atoms with van der Waals surface area (Å²) < 4.78 is 47.5. The highest BCUT2D eigenvalue weighted by atomic mass is 32.2. The van der Waals surface area contributed by atoms with Crippen molar-refractivity contribution in [1.82, 2.24) is 0 Å². The Morgan fingerprint density at radius 3 is 1.83 bits per heavy atom. The minimum atomic E-state index is -3.41. The molecular formula is C23H30O6S. The maximum absolute atomic E-state index is 12.7. The quantitative estimate of drug-likeness (QED) is 0.548. The van der Waals surface area contributed by atoms with Crippen LogP contribution in [-0.4, -0.2) is 42.6 Å². The van der Waals surface area contributed by atoms with Crippen LogP contribution in [0.5, 0.6) is 23.0 Å². The largest absolute Gasteiger partial charge is 0.492 e. The molecule has 0 aliphatic carbocycles. The fourth-order valence-corrected chi connectivity index (χ4v) is 4.80. The first-order valence-corrected chi connectivity index (χ1v) is 11.2.